The molecule has 0 spiro atoms. The highest BCUT2D eigenvalue weighted by Gasteiger charge is 2.44. The van der Waals surface area contributed by atoms with E-state index in [9.17, 15) is 14.4 Å². The first-order valence-corrected chi connectivity index (χ1v) is 9.62. The summed E-state index contributed by atoms with van der Waals surface area (Å²) in [5.74, 6) is -1.39. The zero-order valence-electron chi connectivity index (χ0n) is 15.4. The average molecular weight is 373 g/mol. The number of hydrogen-bond acceptors (Lipinski definition) is 3. The SMILES string of the molecule is O=C(NCc1ccccc1)NC1(C(=O)N[C@@H]2CC[C@H](C(=O)O)C2)CCCC1. The lowest BCUT2D eigenvalue weighted by atomic mass is 9.95. The Morgan fingerprint density at radius 1 is 1.07 bits per heavy atom. The zero-order chi connectivity index (χ0) is 19.3. The number of aliphatic carboxylic acids is 1. The smallest absolute Gasteiger partial charge is 0.315 e. The molecule has 2 aliphatic rings. The number of carboxylic acid groups (broad SMARTS) is 1. The third kappa shape index (κ3) is 4.78. The maximum atomic E-state index is 12.9. The minimum absolute atomic E-state index is 0.134. The molecule has 2 fully saturated rings. The number of carbonyl (C=O) groups excluding carboxylic acids is 2. The molecule has 0 bridgehead atoms. The van der Waals surface area contributed by atoms with Gasteiger partial charge in [0.25, 0.3) is 0 Å². The van der Waals surface area contributed by atoms with Crippen LogP contribution in [0.3, 0.4) is 0 Å². The molecule has 2 atom stereocenters. The Bertz CT molecular complexity index is 686. The lowest BCUT2D eigenvalue weighted by Gasteiger charge is -2.30. The summed E-state index contributed by atoms with van der Waals surface area (Å²) in [5, 5.41) is 17.8. The predicted octanol–water partition coefficient (Wildman–Crippen LogP) is 2.17. The van der Waals surface area contributed by atoms with Crippen LogP contribution in [0.15, 0.2) is 30.3 Å². The Balaban J connectivity index is 1.55. The van der Waals surface area contributed by atoms with Crippen molar-refractivity contribution in [3.63, 3.8) is 0 Å². The van der Waals surface area contributed by atoms with Gasteiger partial charge >= 0.3 is 12.0 Å². The van der Waals surface area contributed by atoms with Crippen LogP contribution < -0.4 is 16.0 Å². The van der Waals surface area contributed by atoms with E-state index < -0.39 is 17.4 Å². The molecule has 0 unspecified atom stereocenters. The number of benzene rings is 1. The van der Waals surface area contributed by atoms with Crippen LogP contribution in [0, 0.1) is 5.92 Å². The molecule has 7 heteroatoms. The summed E-state index contributed by atoms with van der Waals surface area (Å²) in [6, 6.07) is 9.10. The van der Waals surface area contributed by atoms with Crippen LogP contribution in [0.4, 0.5) is 4.79 Å². The molecule has 3 amide bonds. The van der Waals surface area contributed by atoms with Crippen LogP contribution in [-0.4, -0.2) is 34.6 Å². The molecule has 0 saturated heterocycles. The van der Waals surface area contributed by atoms with Crippen molar-refractivity contribution in [2.24, 2.45) is 5.92 Å². The fraction of sp³-hybridized carbons (Fsp3) is 0.550. The van der Waals surface area contributed by atoms with Gasteiger partial charge in [-0.3, -0.25) is 9.59 Å². The van der Waals surface area contributed by atoms with Gasteiger partial charge in [0.1, 0.15) is 5.54 Å². The molecule has 1 aromatic rings. The van der Waals surface area contributed by atoms with Crippen molar-refractivity contribution in [1.82, 2.24) is 16.0 Å². The molecular weight excluding hydrogens is 346 g/mol. The van der Waals surface area contributed by atoms with Gasteiger partial charge in [-0.15, -0.1) is 0 Å². The zero-order valence-corrected chi connectivity index (χ0v) is 15.4. The first kappa shape index (κ1) is 19.2. The third-order valence-electron chi connectivity index (χ3n) is 5.66. The second kappa shape index (κ2) is 8.41. The number of carboxylic acids is 1. The van der Waals surface area contributed by atoms with Gasteiger partial charge in [-0.1, -0.05) is 43.2 Å². The van der Waals surface area contributed by atoms with Gasteiger partial charge in [-0.25, -0.2) is 4.79 Å². The van der Waals surface area contributed by atoms with Crippen LogP contribution in [0.5, 0.6) is 0 Å². The summed E-state index contributed by atoms with van der Waals surface area (Å²) in [4.78, 5) is 36.4. The quantitative estimate of drug-likeness (QED) is 0.613. The summed E-state index contributed by atoms with van der Waals surface area (Å²) in [6.45, 7) is 0.396. The van der Waals surface area contributed by atoms with E-state index in [4.69, 9.17) is 5.11 Å². The van der Waals surface area contributed by atoms with Gasteiger partial charge in [-0.05, 0) is 37.7 Å². The second-order valence-corrected chi connectivity index (χ2v) is 7.60. The standard InChI is InChI=1S/C20H27N3O4/c24-17(25)15-8-9-16(12-15)22-18(26)20(10-4-5-11-20)23-19(27)21-13-14-6-2-1-3-7-14/h1-3,6-7,15-16H,4-5,8-13H2,(H,22,26)(H,24,25)(H2,21,23,27)/t15-,16+/m0/s1. The molecule has 27 heavy (non-hydrogen) atoms. The highest BCUT2D eigenvalue weighted by atomic mass is 16.4. The second-order valence-electron chi connectivity index (χ2n) is 7.60. The molecular formula is C20H27N3O4. The molecule has 3 rings (SSSR count). The van der Waals surface area contributed by atoms with Gasteiger partial charge in [0.15, 0.2) is 0 Å². The number of rotatable bonds is 6. The van der Waals surface area contributed by atoms with Crippen LogP contribution in [0.2, 0.25) is 0 Å². The predicted molar refractivity (Wildman–Crippen MR) is 99.9 cm³/mol. The Labute approximate surface area is 158 Å². The van der Waals surface area contributed by atoms with Gasteiger partial charge < -0.3 is 21.1 Å². The van der Waals surface area contributed by atoms with Crippen molar-refractivity contribution in [2.75, 3.05) is 0 Å². The van der Waals surface area contributed by atoms with Gasteiger partial charge in [0.05, 0.1) is 5.92 Å². The van der Waals surface area contributed by atoms with Crippen molar-refractivity contribution in [3.05, 3.63) is 35.9 Å². The maximum Gasteiger partial charge on any atom is 0.315 e. The van der Waals surface area contributed by atoms with E-state index >= 15 is 0 Å². The molecule has 2 saturated carbocycles. The Hall–Kier alpha value is -2.57. The van der Waals surface area contributed by atoms with E-state index in [2.05, 4.69) is 16.0 Å². The minimum atomic E-state index is -0.901. The summed E-state index contributed by atoms with van der Waals surface area (Å²) in [5.41, 5.74) is 0.0884. The van der Waals surface area contributed by atoms with Gasteiger partial charge in [0.2, 0.25) is 5.91 Å². The topological polar surface area (TPSA) is 108 Å². The fourth-order valence-electron chi connectivity index (χ4n) is 4.09. The Kier molecular flexibility index (Phi) is 5.98. The summed E-state index contributed by atoms with van der Waals surface area (Å²) in [7, 11) is 0. The van der Waals surface area contributed by atoms with Gasteiger partial charge in [0, 0.05) is 12.6 Å². The van der Waals surface area contributed by atoms with Crippen LogP contribution in [0.1, 0.15) is 50.5 Å². The Morgan fingerprint density at radius 3 is 2.41 bits per heavy atom. The van der Waals surface area contributed by atoms with Crippen LogP contribution in [-0.2, 0) is 16.1 Å². The molecule has 146 valence electrons. The van der Waals surface area contributed by atoms with E-state index in [1.54, 1.807) is 0 Å². The normalized spacial score (nSPS) is 23.6. The average Bonchev–Trinajstić information content (AvgIpc) is 3.31. The van der Waals surface area contributed by atoms with E-state index in [0.717, 1.165) is 18.4 Å². The van der Waals surface area contributed by atoms with Crippen molar-refractivity contribution < 1.29 is 19.5 Å². The number of hydrogen-bond donors (Lipinski definition) is 4. The van der Waals surface area contributed by atoms with Crippen LogP contribution in [0.25, 0.3) is 0 Å². The molecule has 0 heterocycles. The molecule has 1 aromatic carbocycles. The van der Waals surface area contributed by atoms with E-state index in [1.807, 2.05) is 30.3 Å². The van der Waals surface area contributed by atoms with E-state index in [1.165, 1.54) is 0 Å². The molecule has 2 aliphatic carbocycles. The summed E-state index contributed by atoms with van der Waals surface area (Å²) < 4.78 is 0. The number of carbonyl (C=O) groups is 3. The van der Waals surface area contributed by atoms with Crippen molar-refractivity contribution >= 4 is 17.9 Å². The first-order valence-electron chi connectivity index (χ1n) is 9.62. The summed E-state index contributed by atoms with van der Waals surface area (Å²) in [6.07, 6.45) is 4.68. The molecule has 0 aromatic heterocycles. The maximum absolute atomic E-state index is 12.9. The number of nitrogens with one attached hydrogen (secondary N) is 3. The number of amides is 3. The highest BCUT2D eigenvalue weighted by Crippen LogP contribution is 2.32. The monoisotopic (exact) mass is 373 g/mol. The highest BCUT2D eigenvalue weighted by molar-refractivity contribution is 5.91. The fourth-order valence-corrected chi connectivity index (χ4v) is 4.09. The first-order chi connectivity index (χ1) is 13.0. The van der Waals surface area contributed by atoms with Crippen molar-refractivity contribution in [1.29, 1.82) is 0 Å². The van der Waals surface area contributed by atoms with Crippen molar-refractivity contribution in [2.45, 2.75) is 63.1 Å². The third-order valence-corrected chi connectivity index (χ3v) is 5.66. The molecule has 0 aliphatic heterocycles. The van der Waals surface area contributed by atoms with Gasteiger partial charge in [-0.2, -0.15) is 0 Å². The minimum Gasteiger partial charge on any atom is -0.481 e. The Morgan fingerprint density at radius 2 is 1.78 bits per heavy atom. The lowest BCUT2D eigenvalue weighted by Crippen LogP contribution is -2.60. The lowest BCUT2D eigenvalue weighted by molar-refractivity contribution is -0.141. The van der Waals surface area contributed by atoms with Crippen LogP contribution >= 0.6 is 0 Å². The van der Waals surface area contributed by atoms with Crippen molar-refractivity contribution in [3.8, 4) is 0 Å². The number of urea groups is 1. The molecule has 4 N–H and O–H groups in total. The molecule has 7 nitrogen and oxygen atoms in total. The largest absolute Gasteiger partial charge is 0.481 e. The molecule has 0 radical (unpaired) electrons. The summed E-state index contributed by atoms with van der Waals surface area (Å²) >= 11 is 0. The van der Waals surface area contributed by atoms with E-state index in [0.29, 0.717) is 38.6 Å². The van der Waals surface area contributed by atoms with E-state index in [-0.39, 0.29) is 18.0 Å².